The van der Waals surface area contributed by atoms with E-state index in [1.54, 1.807) is 6.20 Å². The number of H-pyrrole nitrogens is 1. The summed E-state index contributed by atoms with van der Waals surface area (Å²) in [6.45, 7) is 5.29. The third kappa shape index (κ3) is 2.83. The van der Waals surface area contributed by atoms with Crippen LogP contribution in [0.2, 0.25) is 0 Å². The summed E-state index contributed by atoms with van der Waals surface area (Å²) in [6, 6.07) is 2.33. The van der Waals surface area contributed by atoms with Crippen LogP contribution in [0.5, 0.6) is 0 Å². The Kier molecular flexibility index (Phi) is 3.98. The standard InChI is InChI=1S/C15H19F2N3/c16-12-8-13-11(10-19-15(13)14(17)9-12)2-1-5-20-6-3-18-4-7-20/h8-10,18-19H,1-7H2. The molecule has 1 fully saturated rings. The molecule has 2 N–H and O–H groups in total. The van der Waals surface area contributed by atoms with Gasteiger partial charge in [0.05, 0.1) is 5.52 Å². The van der Waals surface area contributed by atoms with Crippen LogP contribution in [0.3, 0.4) is 0 Å². The highest BCUT2D eigenvalue weighted by Crippen LogP contribution is 2.23. The first-order valence-corrected chi connectivity index (χ1v) is 7.12. The van der Waals surface area contributed by atoms with Crippen molar-refractivity contribution in [3.63, 3.8) is 0 Å². The Labute approximate surface area is 117 Å². The summed E-state index contributed by atoms with van der Waals surface area (Å²) < 4.78 is 26.9. The Morgan fingerprint density at radius 3 is 2.75 bits per heavy atom. The first-order chi connectivity index (χ1) is 9.74. The lowest BCUT2D eigenvalue weighted by Crippen LogP contribution is -2.43. The van der Waals surface area contributed by atoms with Gasteiger partial charge < -0.3 is 15.2 Å². The van der Waals surface area contributed by atoms with E-state index < -0.39 is 11.6 Å². The summed E-state index contributed by atoms with van der Waals surface area (Å²) in [5.74, 6) is -1.04. The molecule has 0 unspecified atom stereocenters. The van der Waals surface area contributed by atoms with Crippen LogP contribution in [-0.4, -0.2) is 42.6 Å². The van der Waals surface area contributed by atoms with Crippen molar-refractivity contribution in [3.8, 4) is 0 Å². The van der Waals surface area contributed by atoms with Crippen LogP contribution in [0.25, 0.3) is 10.9 Å². The molecule has 3 nitrogen and oxygen atoms in total. The largest absolute Gasteiger partial charge is 0.359 e. The molecule has 1 saturated heterocycles. The summed E-state index contributed by atoms with van der Waals surface area (Å²) in [6.07, 6.45) is 3.64. The number of piperazine rings is 1. The van der Waals surface area contributed by atoms with Gasteiger partial charge in [-0.25, -0.2) is 8.78 Å². The summed E-state index contributed by atoms with van der Waals surface area (Å²) in [7, 11) is 0. The molecule has 1 aliphatic rings. The van der Waals surface area contributed by atoms with Gasteiger partial charge in [0.2, 0.25) is 0 Å². The van der Waals surface area contributed by atoms with E-state index >= 15 is 0 Å². The predicted octanol–water partition coefficient (Wildman–Crippen LogP) is 2.28. The van der Waals surface area contributed by atoms with Crippen LogP contribution in [0, 0.1) is 11.6 Å². The van der Waals surface area contributed by atoms with Crippen molar-refractivity contribution in [2.24, 2.45) is 0 Å². The van der Waals surface area contributed by atoms with Crippen LogP contribution < -0.4 is 5.32 Å². The van der Waals surface area contributed by atoms with Crippen molar-refractivity contribution in [1.82, 2.24) is 15.2 Å². The number of nitrogens with zero attached hydrogens (tertiary/aromatic N) is 1. The van der Waals surface area contributed by atoms with Gasteiger partial charge >= 0.3 is 0 Å². The van der Waals surface area contributed by atoms with Gasteiger partial charge in [-0.05, 0) is 31.0 Å². The summed E-state index contributed by atoms with van der Waals surface area (Å²) in [4.78, 5) is 5.33. The third-order valence-corrected chi connectivity index (χ3v) is 3.92. The molecule has 3 rings (SSSR count). The van der Waals surface area contributed by atoms with E-state index in [2.05, 4.69) is 15.2 Å². The van der Waals surface area contributed by atoms with Gasteiger partial charge in [0.1, 0.15) is 11.6 Å². The van der Waals surface area contributed by atoms with Crippen molar-refractivity contribution < 1.29 is 8.78 Å². The molecule has 0 radical (unpaired) electrons. The van der Waals surface area contributed by atoms with E-state index in [9.17, 15) is 8.78 Å². The SMILES string of the molecule is Fc1cc(F)c2[nH]cc(CCCN3CCNCC3)c2c1. The fourth-order valence-corrected chi connectivity index (χ4v) is 2.85. The maximum absolute atomic E-state index is 13.6. The number of hydrogen-bond acceptors (Lipinski definition) is 2. The number of halogens is 2. The number of rotatable bonds is 4. The maximum Gasteiger partial charge on any atom is 0.150 e. The van der Waals surface area contributed by atoms with Crippen molar-refractivity contribution >= 4 is 10.9 Å². The van der Waals surface area contributed by atoms with E-state index in [0.717, 1.165) is 57.2 Å². The first kappa shape index (κ1) is 13.5. The minimum atomic E-state index is -0.520. The lowest BCUT2D eigenvalue weighted by molar-refractivity contribution is 0.238. The number of nitrogens with one attached hydrogen (secondary N) is 2. The van der Waals surface area contributed by atoms with Gasteiger partial charge in [-0.1, -0.05) is 0 Å². The Hall–Kier alpha value is -1.46. The maximum atomic E-state index is 13.6. The Balaban J connectivity index is 1.65. The molecule has 5 heteroatoms. The molecule has 2 heterocycles. The highest BCUT2D eigenvalue weighted by molar-refractivity contribution is 5.83. The summed E-state index contributed by atoms with van der Waals surface area (Å²) >= 11 is 0. The smallest absolute Gasteiger partial charge is 0.150 e. The van der Waals surface area contributed by atoms with Gasteiger partial charge in [0.25, 0.3) is 0 Å². The van der Waals surface area contributed by atoms with Gasteiger partial charge in [-0.3, -0.25) is 0 Å². The van der Waals surface area contributed by atoms with E-state index in [0.29, 0.717) is 10.9 Å². The number of benzene rings is 1. The molecule has 0 saturated carbocycles. The van der Waals surface area contributed by atoms with E-state index in [1.807, 2.05) is 0 Å². The molecule has 1 aromatic carbocycles. The van der Waals surface area contributed by atoms with E-state index in [4.69, 9.17) is 0 Å². The normalized spacial score (nSPS) is 16.9. The molecule has 108 valence electrons. The van der Waals surface area contributed by atoms with Crippen LogP contribution in [0.15, 0.2) is 18.3 Å². The second-order valence-corrected chi connectivity index (χ2v) is 5.32. The van der Waals surface area contributed by atoms with Crippen LogP contribution in [-0.2, 0) is 6.42 Å². The summed E-state index contributed by atoms with van der Waals surface area (Å²) in [5, 5.41) is 3.99. The number of aromatic amines is 1. The molecule has 2 aromatic rings. The number of aryl methyl sites for hydroxylation is 1. The van der Waals surface area contributed by atoms with Gasteiger partial charge in [0.15, 0.2) is 0 Å². The second-order valence-electron chi connectivity index (χ2n) is 5.32. The zero-order valence-corrected chi connectivity index (χ0v) is 11.4. The van der Waals surface area contributed by atoms with Gasteiger partial charge in [-0.2, -0.15) is 0 Å². The molecule has 1 aliphatic heterocycles. The van der Waals surface area contributed by atoms with Crippen molar-refractivity contribution in [1.29, 1.82) is 0 Å². The van der Waals surface area contributed by atoms with Crippen LogP contribution in [0.4, 0.5) is 8.78 Å². The summed E-state index contributed by atoms with van der Waals surface area (Å²) in [5.41, 5.74) is 1.40. The minimum absolute atomic E-state index is 0.406. The molecule has 0 bridgehead atoms. The lowest BCUT2D eigenvalue weighted by atomic mass is 10.1. The minimum Gasteiger partial charge on any atom is -0.359 e. The van der Waals surface area contributed by atoms with Gasteiger partial charge in [-0.15, -0.1) is 0 Å². The zero-order chi connectivity index (χ0) is 13.9. The predicted molar refractivity (Wildman–Crippen MR) is 75.8 cm³/mol. The fourth-order valence-electron chi connectivity index (χ4n) is 2.85. The molecule has 0 amide bonds. The quantitative estimate of drug-likeness (QED) is 0.899. The first-order valence-electron chi connectivity index (χ1n) is 7.12. The fraction of sp³-hybridized carbons (Fsp3) is 0.467. The van der Waals surface area contributed by atoms with Crippen molar-refractivity contribution in [3.05, 3.63) is 35.5 Å². The average Bonchev–Trinajstić information content (AvgIpc) is 2.83. The van der Waals surface area contributed by atoms with Crippen molar-refractivity contribution in [2.75, 3.05) is 32.7 Å². The molecule has 1 aromatic heterocycles. The highest BCUT2D eigenvalue weighted by Gasteiger charge is 2.12. The van der Waals surface area contributed by atoms with Crippen molar-refractivity contribution in [2.45, 2.75) is 12.8 Å². The zero-order valence-electron chi connectivity index (χ0n) is 11.4. The topological polar surface area (TPSA) is 31.1 Å². The second kappa shape index (κ2) is 5.89. The number of aromatic nitrogens is 1. The highest BCUT2D eigenvalue weighted by atomic mass is 19.1. The van der Waals surface area contributed by atoms with Crippen LogP contribution >= 0.6 is 0 Å². The van der Waals surface area contributed by atoms with E-state index in [1.165, 1.54) is 6.07 Å². The molecular formula is C15H19F2N3. The lowest BCUT2D eigenvalue weighted by Gasteiger charge is -2.26. The van der Waals surface area contributed by atoms with E-state index in [-0.39, 0.29) is 0 Å². The average molecular weight is 279 g/mol. The molecule has 0 spiro atoms. The Morgan fingerprint density at radius 2 is 1.95 bits per heavy atom. The van der Waals surface area contributed by atoms with Crippen LogP contribution in [0.1, 0.15) is 12.0 Å². The number of hydrogen-bond donors (Lipinski definition) is 2. The molecule has 20 heavy (non-hydrogen) atoms. The molecule has 0 aliphatic carbocycles. The number of fused-ring (bicyclic) bond motifs is 1. The monoisotopic (exact) mass is 279 g/mol. The Morgan fingerprint density at radius 1 is 1.15 bits per heavy atom. The molecular weight excluding hydrogens is 260 g/mol. The van der Waals surface area contributed by atoms with Gasteiger partial charge in [0, 0.05) is 43.8 Å². The Bertz CT molecular complexity index is 588. The molecule has 0 atom stereocenters. The third-order valence-electron chi connectivity index (χ3n) is 3.92.